The van der Waals surface area contributed by atoms with Gasteiger partial charge in [-0.15, -0.1) is 0 Å². The van der Waals surface area contributed by atoms with Gasteiger partial charge in [0.15, 0.2) is 6.19 Å². The van der Waals surface area contributed by atoms with Crippen LogP contribution in [0.15, 0.2) is 0 Å². The second kappa shape index (κ2) is 5.22. The number of nitrogens with one attached hydrogen (secondary N) is 1. The zero-order valence-electron chi connectivity index (χ0n) is 3.95. The van der Waals surface area contributed by atoms with Crippen molar-refractivity contribution in [1.82, 2.24) is 5.32 Å². The molecule has 0 rings (SSSR count). The molecule has 0 aliphatic carbocycles. The van der Waals surface area contributed by atoms with Gasteiger partial charge in [0.25, 0.3) is 0 Å². The van der Waals surface area contributed by atoms with Gasteiger partial charge >= 0.3 is 0 Å². The molecule has 0 aromatic carbocycles. The van der Waals surface area contributed by atoms with Crippen LogP contribution in [-0.4, -0.2) is 13.2 Å². The lowest BCUT2D eigenvalue weighted by Crippen LogP contribution is -2.06. The van der Waals surface area contributed by atoms with Crippen LogP contribution in [0, 0.1) is 11.5 Å². The van der Waals surface area contributed by atoms with E-state index in [4.69, 9.17) is 5.26 Å². The van der Waals surface area contributed by atoms with Crippen molar-refractivity contribution in [2.24, 2.45) is 0 Å². The van der Waals surface area contributed by atoms with Crippen molar-refractivity contribution in [3.8, 4) is 6.19 Å². The topological polar surface area (TPSA) is 35.8 Å². The molecule has 1 N–H and O–H groups in total. The van der Waals surface area contributed by atoms with Crippen molar-refractivity contribution in [2.75, 3.05) is 13.2 Å². The van der Waals surface area contributed by atoms with E-state index >= 15 is 0 Å². The number of halogens is 1. The van der Waals surface area contributed by atoms with Gasteiger partial charge in [-0.05, 0) is 6.42 Å². The summed E-state index contributed by atoms with van der Waals surface area (Å²) in [6, 6.07) is 0. The first kappa shape index (κ1) is 6.22. The van der Waals surface area contributed by atoms with E-state index in [1.807, 2.05) is 0 Å². The molecule has 0 spiro atoms. The van der Waals surface area contributed by atoms with Crippen LogP contribution in [0.4, 0.5) is 4.39 Å². The molecule has 0 saturated heterocycles. The van der Waals surface area contributed by atoms with Crippen molar-refractivity contribution < 1.29 is 4.39 Å². The van der Waals surface area contributed by atoms with Crippen molar-refractivity contribution in [3.63, 3.8) is 0 Å². The predicted octanol–water partition coefficient (Wildman–Crippen LogP) is 0.417. The Balaban J connectivity index is 2.60. The third kappa shape index (κ3) is 5.22. The Morgan fingerprint density at radius 3 is 2.86 bits per heavy atom. The Morgan fingerprint density at radius 2 is 2.43 bits per heavy atom. The summed E-state index contributed by atoms with van der Waals surface area (Å²) in [5, 5.41) is 10.1. The molecule has 0 aromatic rings. The molecule has 0 heterocycles. The van der Waals surface area contributed by atoms with Crippen molar-refractivity contribution in [1.29, 1.82) is 5.26 Å². The molecule has 0 aliphatic rings. The summed E-state index contributed by atoms with van der Waals surface area (Å²) >= 11 is 0. The van der Waals surface area contributed by atoms with E-state index in [0.29, 0.717) is 13.0 Å². The average Bonchev–Trinajstić information content (AvgIpc) is 1.69. The van der Waals surface area contributed by atoms with Gasteiger partial charge in [0.05, 0.1) is 6.67 Å². The molecule has 0 unspecified atom stereocenters. The lowest BCUT2D eigenvalue weighted by molar-refractivity contribution is 0.470. The fraction of sp³-hybridized carbons (Fsp3) is 0.750. The quantitative estimate of drug-likeness (QED) is 0.318. The maximum absolute atomic E-state index is 11.2. The maximum Gasteiger partial charge on any atom is 0.176 e. The van der Waals surface area contributed by atoms with Crippen LogP contribution in [0.2, 0.25) is 0 Å². The van der Waals surface area contributed by atoms with Crippen molar-refractivity contribution >= 4 is 0 Å². The van der Waals surface area contributed by atoms with E-state index in [2.05, 4.69) is 5.32 Å². The first-order valence-electron chi connectivity index (χ1n) is 2.09. The van der Waals surface area contributed by atoms with Crippen LogP contribution in [0.3, 0.4) is 0 Å². The van der Waals surface area contributed by atoms with E-state index in [9.17, 15) is 4.39 Å². The third-order valence-electron chi connectivity index (χ3n) is 0.514. The highest BCUT2D eigenvalue weighted by Gasteiger charge is 1.79. The van der Waals surface area contributed by atoms with Gasteiger partial charge in [-0.25, -0.2) is 0 Å². The lowest BCUT2D eigenvalue weighted by Gasteiger charge is -1.87. The van der Waals surface area contributed by atoms with Gasteiger partial charge in [-0.1, -0.05) is 0 Å². The number of rotatable bonds is 3. The number of hydrogen-bond acceptors (Lipinski definition) is 2. The van der Waals surface area contributed by atoms with Gasteiger partial charge in [0.2, 0.25) is 0 Å². The molecule has 0 aliphatic heterocycles. The summed E-state index contributed by atoms with van der Waals surface area (Å²) in [4.78, 5) is 0. The highest BCUT2D eigenvalue weighted by atomic mass is 19.1. The molecule has 0 atom stereocenters. The van der Waals surface area contributed by atoms with Crippen LogP contribution in [-0.2, 0) is 0 Å². The first-order chi connectivity index (χ1) is 3.41. The maximum atomic E-state index is 11.2. The molecular formula is C4H7FN2. The van der Waals surface area contributed by atoms with E-state index < -0.39 is 0 Å². The summed E-state index contributed by atoms with van der Waals surface area (Å²) in [5.41, 5.74) is 0. The standard InChI is InChI=1S/C4H7FN2/c5-2-1-3-7-4-6/h7H,1-3H2. The Kier molecular flexibility index (Phi) is 4.64. The Bertz CT molecular complexity index is 66.6. The molecule has 3 heteroatoms. The van der Waals surface area contributed by atoms with E-state index in [0.717, 1.165) is 0 Å². The Labute approximate surface area is 41.9 Å². The average molecular weight is 102 g/mol. The van der Waals surface area contributed by atoms with Gasteiger partial charge in [-0.3, -0.25) is 4.39 Å². The SMILES string of the molecule is N#CNCCCF. The Hall–Kier alpha value is -0.780. The molecule has 0 bridgehead atoms. The number of alkyl halides is 1. The van der Waals surface area contributed by atoms with Crippen molar-refractivity contribution in [2.45, 2.75) is 6.42 Å². The minimum Gasteiger partial charge on any atom is -0.324 e. The van der Waals surface area contributed by atoms with Crippen LogP contribution < -0.4 is 5.32 Å². The zero-order valence-corrected chi connectivity index (χ0v) is 3.95. The number of nitrogens with zero attached hydrogens (tertiary/aromatic N) is 1. The van der Waals surface area contributed by atoms with Crippen LogP contribution in [0.1, 0.15) is 6.42 Å². The molecule has 0 fully saturated rings. The largest absolute Gasteiger partial charge is 0.324 e. The molecule has 0 amide bonds. The molecule has 0 saturated carbocycles. The molecule has 40 valence electrons. The second-order valence-electron chi connectivity index (χ2n) is 1.08. The summed E-state index contributed by atoms with van der Waals surface area (Å²) in [6.07, 6.45) is 2.11. The molecular weight excluding hydrogens is 95.1 g/mol. The summed E-state index contributed by atoms with van der Waals surface area (Å²) in [7, 11) is 0. The predicted molar refractivity (Wildman–Crippen MR) is 24.2 cm³/mol. The van der Waals surface area contributed by atoms with E-state index in [1.165, 1.54) is 0 Å². The van der Waals surface area contributed by atoms with E-state index in [-0.39, 0.29) is 6.67 Å². The summed E-state index contributed by atoms with van der Waals surface area (Å²) in [6.45, 7) is 0.0989. The smallest absolute Gasteiger partial charge is 0.176 e. The Morgan fingerprint density at radius 1 is 1.71 bits per heavy atom. The summed E-state index contributed by atoms with van der Waals surface area (Å²) in [5.74, 6) is 0. The molecule has 2 nitrogen and oxygen atoms in total. The lowest BCUT2D eigenvalue weighted by atomic mass is 10.5. The zero-order chi connectivity index (χ0) is 5.54. The molecule has 0 radical (unpaired) electrons. The van der Waals surface area contributed by atoms with Gasteiger partial charge in [-0.2, -0.15) is 5.26 Å². The second-order valence-corrected chi connectivity index (χ2v) is 1.08. The number of nitriles is 1. The van der Waals surface area contributed by atoms with Crippen LogP contribution in [0.5, 0.6) is 0 Å². The minimum absolute atomic E-state index is 0.353. The van der Waals surface area contributed by atoms with Gasteiger partial charge in [0, 0.05) is 6.54 Å². The monoisotopic (exact) mass is 102 g/mol. The highest BCUT2D eigenvalue weighted by Crippen LogP contribution is 1.73. The third-order valence-corrected chi connectivity index (χ3v) is 0.514. The molecule has 0 aromatic heterocycles. The normalized spacial score (nSPS) is 7.43. The van der Waals surface area contributed by atoms with Crippen molar-refractivity contribution in [3.05, 3.63) is 0 Å². The van der Waals surface area contributed by atoms with Gasteiger partial charge < -0.3 is 5.32 Å². The fourth-order valence-electron chi connectivity index (χ4n) is 0.211. The number of hydrogen-bond donors (Lipinski definition) is 1. The summed E-state index contributed by atoms with van der Waals surface area (Å²) < 4.78 is 11.2. The van der Waals surface area contributed by atoms with Crippen LogP contribution in [0.25, 0.3) is 0 Å². The first-order valence-corrected chi connectivity index (χ1v) is 2.09. The van der Waals surface area contributed by atoms with Crippen LogP contribution >= 0.6 is 0 Å². The van der Waals surface area contributed by atoms with Gasteiger partial charge in [0.1, 0.15) is 0 Å². The molecule has 7 heavy (non-hydrogen) atoms. The van der Waals surface area contributed by atoms with E-state index in [1.54, 1.807) is 6.19 Å². The fourth-order valence-corrected chi connectivity index (χ4v) is 0.211. The highest BCUT2D eigenvalue weighted by molar-refractivity contribution is 4.62. The minimum atomic E-state index is -0.353.